The third-order valence-corrected chi connectivity index (χ3v) is 4.65. The molecule has 0 atom stereocenters. The highest BCUT2D eigenvalue weighted by Gasteiger charge is 2.20. The number of likely N-dealkylation sites (tertiary alicyclic amines) is 1. The summed E-state index contributed by atoms with van der Waals surface area (Å²) < 4.78 is 5.74. The first kappa shape index (κ1) is 19.0. The average Bonchev–Trinajstić information content (AvgIpc) is 3.23. The van der Waals surface area contributed by atoms with E-state index in [-0.39, 0.29) is 11.8 Å². The zero-order chi connectivity index (χ0) is 19.1. The number of nitrogens with one attached hydrogen (secondary N) is 1. The first-order valence-corrected chi connectivity index (χ1v) is 9.61. The van der Waals surface area contributed by atoms with Crippen molar-refractivity contribution >= 4 is 17.5 Å². The maximum absolute atomic E-state index is 12.7. The maximum atomic E-state index is 12.7. The second kappa shape index (κ2) is 9.21. The summed E-state index contributed by atoms with van der Waals surface area (Å²) in [6, 6.07) is 14.3. The topological polar surface area (TPSA) is 58.6 Å². The highest BCUT2D eigenvalue weighted by atomic mass is 16.5. The standard InChI is InChI=1S/C22H26N2O3/c1-2-3-15-27-20-12-5-4-11-19(20)21(25)23-18-10-8-9-17(16-18)22(26)24-13-6-7-14-24/h4-5,8-12,16H,2-3,6-7,13-15H2,1H3,(H,23,25). The smallest absolute Gasteiger partial charge is 0.259 e. The molecule has 0 aliphatic carbocycles. The Labute approximate surface area is 160 Å². The van der Waals surface area contributed by atoms with Gasteiger partial charge >= 0.3 is 0 Å². The van der Waals surface area contributed by atoms with Crippen molar-refractivity contribution in [1.29, 1.82) is 0 Å². The number of anilines is 1. The first-order chi connectivity index (χ1) is 13.2. The molecule has 5 heteroatoms. The molecule has 1 heterocycles. The third-order valence-electron chi connectivity index (χ3n) is 4.65. The summed E-state index contributed by atoms with van der Waals surface area (Å²) in [4.78, 5) is 27.1. The summed E-state index contributed by atoms with van der Waals surface area (Å²) >= 11 is 0. The highest BCUT2D eigenvalue weighted by molar-refractivity contribution is 6.06. The fourth-order valence-electron chi connectivity index (χ4n) is 3.14. The lowest BCUT2D eigenvalue weighted by atomic mass is 10.1. The van der Waals surface area contributed by atoms with Crippen molar-refractivity contribution < 1.29 is 14.3 Å². The monoisotopic (exact) mass is 366 g/mol. The van der Waals surface area contributed by atoms with Gasteiger partial charge < -0.3 is 15.0 Å². The van der Waals surface area contributed by atoms with Crippen LogP contribution < -0.4 is 10.1 Å². The summed E-state index contributed by atoms with van der Waals surface area (Å²) in [5, 5.41) is 2.89. The van der Waals surface area contributed by atoms with Crippen molar-refractivity contribution in [2.75, 3.05) is 25.0 Å². The Morgan fingerprint density at radius 2 is 1.85 bits per heavy atom. The van der Waals surface area contributed by atoms with Gasteiger partial charge in [0.15, 0.2) is 0 Å². The van der Waals surface area contributed by atoms with Crippen LogP contribution in [0.5, 0.6) is 5.75 Å². The number of nitrogens with zero attached hydrogens (tertiary/aromatic N) is 1. The lowest BCUT2D eigenvalue weighted by Gasteiger charge is -2.16. The summed E-state index contributed by atoms with van der Waals surface area (Å²) in [7, 11) is 0. The predicted octanol–water partition coefficient (Wildman–Crippen LogP) is 4.35. The summed E-state index contributed by atoms with van der Waals surface area (Å²) in [6.07, 6.45) is 4.08. The summed E-state index contributed by atoms with van der Waals surface area (Å²) in [5.74, 6) is 0.354. The number of hydrogen-bond acceptors (Lipinski definition) is 3. The van der Waals surface area contributed by atoms with E-state index >= 15 is 0 Å². The molecule has 1 N–H and O–H groups in total. The zero-order valence-corrected chi connectivity index (χ0v) is 15.7. The molecule has 0 spiro atoms. The van der Waals surface area contributed by atoms with E-state index in [1.165, 1.54) is 0 Å². The van der Waals surface area contributed by atoms with Crippen LogP contribution in [-0.4, -0.2) is 36.4 Å². The quantitative estimate of drug-likeness (QED) is 0.741. The van der Waals surface area contributed by atoms with E-state index in [0.717, 1.165) is 38.8 Å². The molecule has 2 aromatic rings. The number of amides is 2. The molecule has 0 aromatic heterocycles. The van der Waals surface area contributed by atoms with Crippen molar-refractivity contribution in [2.24, 2.45) is 0 Å². The van der Waals surface area contributed by atoms with E-state index in [2.05, 4.69) is 12.2 Å². The molecule has 5 nitrogen and oxygen atoms in total. The Hall–Kier alpha value is -2.82. The van der Waals surface area contributed by atoms with Crippen molar-refractivity contribution in [2.45, 2.75) is 32.6 Å². The minimum Gasteiger partial charge on any atom is -0.493 e. The third kappa shape index (κ3) is 4.88. The molecule has 1 aliphatic rings. The van der Waals surface area contributed by atoms with Gasteiger partial charge in [-0.25, -0.2) is 0 Å². The molecule has 3 rings (SSSR count). The van der Waals surface area contributed by atoms with Gasteiger partial charge in [-0.2, -0.15) is 0 Å². The van der Waals surface area contributed by atoms with E-state index in [1.54, 1.807) is 36.4 Å². The SMILES string of the molecule is CCCCOc1ccccc1C(=O)Nc1cccc(C(=O)N2CCCC2)c1. The van der Waals surface area contributed by atoms with Crippen molar-refractivity contribution in [3.8, 4) is 5.75 Å². The Kier molecular flexibility index (Phi) is 6.47. The Morgan fingerprint density at radius 3 is 2.63 bits per heavy atom. The Bertz CT molecular complexity index is 798. The van der Waals surface area contributed by atoms with Gasteiger partial charge in [-0.05, 0) is 49.6 Å². The first-order valence-electron chi connectivity index (χ1n) is 9.61. The molecular weight excluding hydrogens is 340 g/mol. The van der Waals surface area contributed by atoms with Gasteiger partial charge in [-0.1, -0.05) is 31.5 Å². The van der Waals surface area contributed by atoms with Crippen LogP contribution in [0.1, 0.15) is 53.3 Å². The van der Waals surface area contributed by atoms with Crippen LogP contribution in [0.3, 0.4) is 0 Å². The van der Waals surface area contributed by atoms with E-state index in [4.69, 9.17) is 4.74 Å². The molecule has 27 heavy (non-hydrogen) atoms. The summed E-state index contributed by atoms with van der Waals surface area (Å²) in [5.41, 5.74) is 1.69. The number of hydrogen-bond donors (Lipinski definition) is 1. The molecular formula is C22H26N2O3. The van der Waals surface area contributed by atoms with Crippen LogP contribution in [-0.2, 0) is 0 Å². The predicted molar refractivity (Wildman–Crippen MR) is 106 cm³/mol. The Morgan fingerprint density at radius 1 is 1.07 bits per heavy atom. The minimum absolute atomic E-state index is 0.0203. The Balaban J connectivity index is 1.71. The van der Waals surface area contributed by atoms with E-state index in [0.29, 0.717) is 29.2 Å². The van der Waals surface area contributed by atoms with Crippen LogP contribution >= 0.6 is 0 Å². The lowest BCUT2D eigenvalue weighted by molar-refractivity contribution is 0.0792. The van der Waals surface area contributed by atoms with Crippen molar-refractivity contribution in [3.05, 3.63) is 59.7 Å². The number of para-hydroxylation sites is 1. The number of ether oxygens (including phenoxy) is 1. The van der Waals surface area contributed by atoms with Crippen LogP contribution in [0.2, 0.25) is 0 Å². The van der Waals surface area contributed by atoms with E-state index < -0.39 is 0 Å². The normalized spacial score (nSPS) is 13.4. The van der Waals surface area contributed by atoms with Crippen LogP contribution in [0.4, 0.5) is 5.69 Å². The van der Waals surface area contributed by atoms with Gasteiger partial charge in [0, 0.05) is 24.3 Å². The summed E-state index contributed by atoms with van der Waals surface area (Å²) in [6.45, 7) is 4.29. The fraction of sp³-hybridized carbons (Fsp3) is 0.364. The molecule has 0 unspecified atom stereocenters. The number of benzene rings is 2. The molecule has 142 valence electrons. The lowest BCUT2D eigenvalue weighted by Crippen LogP contribution is -2.27. The molecule has 0 bridgehead atoms. The van der Waals surface area contributed by atoms with Gasteiger partial charge in [-0.3, -0.25) is 9.59 Å². The molecule has 2 aromatic carbocycles. The fourth-order valence-corrected chi connectivity index (χ4v) is 3.14. The number of rotatable bonds is 7. The van der Waals surface area contributed by atoms with Gasteiger partial charge in [0.05, 0.1) is 12.2 Å². The number of carbonyl (C=O) groups is 2. The average molecular weight is 366 g/mol. The van der Waals surface area contributed by atoms with Crippen LogP contribution in [0.25, 0.3) is 0 Å². The molecule has 2 amide bonds. The molecule has 1 aliphatic heterocycles. The number of carbonyl (C=O) groups excluding carboxylic acids is 2. The van der Waals surface area contributed by atoms with Crippen molar-refractivity contribution in [1.82, 2.24) is 4.90 Å². The van der Waals surface area contributed by atoms with Gasteiger partial charge in [-0.15, -0.1) is 0 Å². The molecule has 0 radical (unpaired) electrons. The van der Waals surface area contributed by atoms with Gasteiger partial charge in [0.1, 0.15) is 5.75 Å². The zero-order valence-electron chi connectivity index (χ0n) is 15.7. The van der Waals surface area contributed by atoms with E-state index in [9.17, 15) is 9.59 Å². The number of unbranched alkanes of at least 4 members (excludes halogenated alkanes) is 1. The molecule has 1 saturated heterocycles. The van der Waals surface area contributed by atoms with E-state index in [1.807, 2.05) is 17.0 Å². The largest absolute Gasteiger partial charge is 0.493 e. The second-order valence-corrected chi connectivity index (χ2v) is 6.73. The second-order valence-electron chi connectivity index (χ2n) is 6.73. The van der Waals surface area contributed by atoms with Gasteiger partial charge in [0.25, 0.3) is 11.8 Å². The highest BCUT2D eigenvalue weighted by Crippen LogP contribution is 2.21. The van der Waals surface area contributed by atoms with Crippen LogP contribution in [0, 0.1) is 0 Å². The molecule has 1 fully saturated rings. The minimum atomic E-state index is -0.243. The maximum Gasteiger partial charge on any atom is 0.259 e. The van der Waals surface area contributed by atoms with Crippen LogP contribution in [0.15, 0.2) is 48.5 Å². The molecule has 0 saturated carbocycles. The van der Waals surface area contributed by atoms with Crippen molar-refractivity contribution in [3.63, 3.8) is 0 Å². The van der Waals surface area contributed by atoms with Gasteiger partial charge in [0.2, 0.25) is 0 Å².